The lowest BCUT2D eigenvalue weighted by molar-refractivity contribution is -0.124. The number of amides is 1. The molecule has 1 saturated heterocycles. The Labute approximate surface area is 146 Å². The molecule has 0 saturated carbocycles. The molecule has 6 nitrogen and oxygen atoms in total. The van der Waals surface area contributed by atoms with Gasteiger partial charge < -0.3 is 10.1 Å². The minimum absolute atomic E-state index is 0.0595. The molecule has 0 radical (unpaired) electrons. The highest BCUT2D eigenvalue weighted by atomic mass is 16.5. The Morgan fingerprint density at radius 1 is 1.28 bits per heavy atom. The van der Waals surface area contributed by atoms with Crippen LogP contribution in [0.2, 0.25) is 0 Å². The second kappa shape index (κ2) is 7.19. The molecule has 25 heavy (non-hydrogen) atoms. The molecule has 1 aromatic heterocycles. The fourth-order valence-electron chi connectivity index (χ4n) is 3.09. The zero-order valence-corrected chi connectivity index (χ0v) is 14.6. The van der Waals surface area contributed by atoms with Crippen LogP contribution >= 0.6 is 0 Å². The Kier molecular flexibility index (Phi) is 4.99. The average molecular weight is 341 g/mol. The maximum atomic E-state index is 12.3. The van der Waals surface area contributed by atoms with Gasteiger partial charge in [-0.3, -0.25) is 9.59 Å². The Balaban J connectivity index is 1.70. The normalized spacial score (nSPS) is 19.4. The van der Waals surface area contributed by atoms with E-state index in [0.29, 0.717) is 12.3 Å². The van der Waals surface area contributed by atoms with Gasteiger partial charge in [0.15, 0.2) is 0 Å². The van der Waals surface area contributed by atoms with Gasteiger partial charge in [0, 0.05) is 24.3 Å². The summed E-state index contributed by atoms with van der Waals surface area (Å²) in [4.78, 5) is 24.4. The summed E-state index contributed by atoms with van der Waals surface area (Å²) in [5, 5.41) is 7.31. The molecule has 1 unspecified atom stereocenters. The van der Waals surface area contributed by atoms with Crippen LogP contribution in [0.5, 0.6) is 0 Å². The van der Waals surface area contributed by atoms with Crippen molar-refractivity contribution in [3.63, 3.8) is 0 Å². The van der Waals surface area contributed by atoms with Gasteiger partial charge in [0.1, 0.15) is 6.54 Å². The van der Waals surface area contributed by atoms with Crippen LogP contribution in [0.15, 0.2) is 47.3 Å². The van der Waals surface area contributed by atoms with E-state index >= 15 is 0 Å². The summed E-state index contributed by atoms with van der Waals surface area (Å²) in [5.41, 5.74) is 1.04. The molecule has 1 N–H and O–H groups in total. The zero-order chi connectivity index (χ0) is 17.9. The largest absolute Gasteiger partial charge is 0.375 e. The summed E-state index contributed by atoms with van der Waals surface area (Å²) < 4.78 is 6.87. The van der Waals surface area contributed by atoms with Crippen molar-refractivity contribution in [3.05, 3.63) is 52.8 Å². The second-order valence-electron chi connectivity index (χ2n) is 6.95. The van der Waals surface area contributed by atoms with Gasteiger partial charge in [-0.25, -0.2) is 4.68 Å². The van der Waals surface area contributed by atoms with Crippen LogP contribution in [-0.2, 0) is 16.1 Å². The predicted molar refractivity (Wildman–Crippen MR) is 95.1 cm³/mol. The van der Waals surface area contributed by atoms with Crippen molar-refractivity contribution in [2.75, 3.05) is 6.61 Å². The van der Waals surface area contributed by atoms with Crippen LogP contribution in [-0.4, -0.2) is 33.9 Å². The SMILES string of the molecule is CC1(C)CC(NC(=O)Cn2nc(-c3ccccc3)ccc2=O)CCO1. The van der Waals surface area contributed by atoms with Crippen molar-refractivity contribution in [2.45, 2.75) is 44.9 Å². The number of aromatic nitrogens is 2. The lowest BCUT2D eigenvalue weighted by Gasteiger charge is -2.35. The van der Waals surface area contributed by atoms with E-state index in [1.54, 1.807) is 6.07 Å². The van der Waals surface area contributed by atoms with Crippen LogP contribution in [0.25, 0.3) is 11.3 Å². The van der Waals surface area contributed by atoms with Crippen LogP contribution < -0.4 is 10.9 Å². The minimum atomic E-state index is -0.290. The molecule has 0 aliphatic carbocycles. The van der Waals surface area contributed by atoms with E-state index in [1.807, 2.05) is 44.2 Å². The molecule has 1 aromatic carbocycles. The minimum Gasteiger partial charge on any atom is -0.375 e. The summed E-state index contributed by atoms with van der Waals surface area (Å²) in [7, 11) is 0. The molecule has 2 heterocycles. The number of ether oxygens (including phenoxy) is 1. The van der Waals surface area contributed by atoms with Crippen LogP contribution in [0.4, 0.5) is 0 Å². The molecule has 2 aromatic rings. The van der Waals surface area contributed by atoms with E-state index in [0.717, 1.165) is 18.4 Å². The lowest BCUT2D eigenvalue weighted by atomic mass is 9.94. The van der Waals surface area contributed by atoms with Crippen LogP contribution in [0.1, 0.15) is 26.7 Å². The molecule has 1 aliphatic rings. The van der Waals surface area contributed by atoms with Gasteiger partial charge in [-0.1, -0.05) is 30.3 Å². The molecule has 0 bridgehead atoms. The highest BCUT2D eigenvalue weighted by Crippen LogP contribution is 2.23. The van der Waals surface area contributed by atoms with E-state index in [9.17, 15) is 9.59 Å². The first-order valence-corrected chi connectivity index (χ1v) is 8.50. The topological polar surface area (TPSA) is 73.2 Å². The van der Waals surface area contributed by atoms with E-state index < -0.39 is 0 Å². The monoisotopic (exact) mass is 341 g/mol. The molecule has 1 amide bonds. The fraction of sp³-hybridized carbons (Fsp3) is 0.421. The van der Waals surface area contributed by atoms with Gasteiger partial charge in [-0.15, -0.1) is 0 Å². The van der Waals surface area contributed by atoms with Gasteiger partial charge in [0.05, 0.1) is 11.3 Å². The highest BCUT2D eigenvalue weighted by molar-refractivity contribution is 5.76. The van der Waals surface area contributed by atoms with Gasteiger partial charge in [0.25, 0.3) is 5.56 Å². The fourth-order valence-corrected chi connectivity index (χ4v) is 3.09. The smallest absolute Gasteiger partial charge is 0.267 e. The average Bonchev–Trinajstić information content (AvgIpc) is 2.56. The van der Waals surface area contributed by atoms with Crippen molar-refractivity contribution >= 4 is 5.91 Å². The third kappa shape index (κ3) is 4.54. The predicted octanol–water partition coefficient (Wildman–Crippen LogP) is 1.98. The highest BCUT2D eigenvalue weighted by Gasteiger charge is 2.29. The van der Waals surface area contributed by atoms with Gasteiger partial charge in [-0.05, 0) is 32.8 Å². The maximum absolute atomic E-state index is 12.3. The van der Waals surface area contributed by atoms with Crippen LogP contribution in [0, 0.1) is 0 Å². The molecule has 1 fully saturated rings. The summed E-state index contributed by atoms with van der Waals surface area (Å²) >= 11 is 0. The molecule has 3 rings (SSSR count). The maximum Gasteiger partial charge on any atom is 0.267 e. The number of benzene rings is 1. The summed E-state index contributed by atoms with van der Waals surface area (Å²) in [6.45, 7) is 4.57. The van der Waals surface area contributed by atoms with Gasteiger partial charge in [0.2, 0.25) is 5.91 Å². The molecule has 6 heteroatoms. The van der Waals surface area contributed by atoms with E-state index in [1.165, 1.54) is 10.7 Å². The van der Waals surface area contributed by atoms with Crippen molar-refractivity contribution in [2.24, 2.45) is 0 Å². The Hall–Kier alpha value is -2.47. The zero-order valence-electron chi connectivity index (χ0n) is 14.6. The Bertz CT molecular complexity index is 799. The number of hydrogen-bond donors (Lipinski definition) is 1. The molecular weight excluding hydrogens is 318 g/mol. The standard InChI is InChI=1S/C19H23N3O3/c1-19(2)12-15(10-11-25-19)20-17(23)13-22-18(24)9-8-16(21-22)14-6-4-3-5-7-14/h3-9,15H,10-13H2,1-2H3,(H,20,23). The molecular formula is C19H23N3O3. The first kappa shape index (κ1) is 17.4. The van der Waals surface area contributed by atoms with Crippen molar-refractivity contribution < 1.29 is 9.53 Å². The van der Waals surface area contributed by atoms with E-state index in [-0.39, 0.29) is 29.7 Å². The Morgan fingerprint density at radius 2 is 2.04 bits per heavy atom. The number of carbonyl (C=O) groups excluding carboxylic acids is 1. The third-order valence-electron chi connectivity index (χ3n) is 4.29. The van der Waals surface area contributed by atoms with Gasteiger partial charge >= 0.3 is 0 Å². The summed E-state index contributed by atoms with van der Waals surface area (Å²) in [6.07, 6.45) is 1.53. The van der Waals surface area contributed by atoms with Crippen molar-refractivity contribution in [1.29, 1.82) is 0 Å². The third-order valence-corrected chi connectivity index (χ3v) is 4.29. The number of carbonyl (C=O) groups is 1. The number of nitrogens with one attached hydrogen (secondary N) is 1. The summed E-state index contributed by atoms with van der Waals surface area (Å²) in [6, 6.07) is 12.8. The molecule has 132 valence electrons. The van der Waals surface area contributed by atoms with Crippen molar-refractivity contribution in [1.82, 2.24) is 15.1 Å². The summed E-state index contributed by atoms with van der Waals surface area (Å²) in [5.74, 6) is -0.206. The second-order valence-corrected chi connectivity index (χ2v) is 6.95. The van der Waals surface area contributed by atoms with Gasteiger partial charge in [-0.2, -0.15) is 5.10 Å². The van der Waals surface area contributed by atoms with E-state index in [4.69, 9.17) is 4.74 Å². The lowest BCUT2D eigenvalue weighted by Crippen LogP contribution is -2.47. The molecule has 1 atom stereocenters. The number of nitrogens with zero attached hydrogens (tertiary/aromatic N) is 2. The first-order valence-electron chi connectivity index (χ1n) is 8.50. The Morgan fingerprint density at radius 3 is 2.76 bits per heavy atom. The van der Waals surface area contributed by atoms with E-state index in [2.05, 4.69) is 10.4 Å². The van der Waals surface area contributed by atoms with Crippen LogP contribution in [0.3, 0.4) is 0 Å². The molecule has 1 aliphatic heterocycles. The quantitative estimate of drug-likeness (QED) is 0.923. The number of rotatable bonds is 4. The van der Waals surface area contributed by atoms with Crippen molar-refractivity contribution in [3.8, 4) is 11.3 Å². The molecule has 0 spiro atoms. The first-order chi connectivity index (χ1) is 11.9. The number of hydrogen-bond acceptors (Lipinski definition) is 4.